The van der Waals surface area contributed by atoms with Crippen molar-refractivity contribution in [1.82, 2.24) is 0 Å². The lowest BCUT2D eigenvalue weighted by Crippen LogP contribution is -2.64. The lowest BCUT2D eigenvalue weighted by molar-refractivity contribution is 0.488. The highest BCUT2D eigenvalue weighted by Gasteiger charge is 2.49. The van der Waals surface area contributed by atoms with Gasteiger partial charge in [-0.2, -0.15) is 0 Å². The molecule has 0 aliphatic carbocycles. The zero-order valence-electron chi connectivity index (χ0n) is 64.5. The molecule has 0 fully saturated rings. The first-order chi connectivity index (χ1) is 59.6. The Morgan fingerprint density at radius 3 is 1.07 bits per heavy atom. The van der Waals surface area contributed by atoms with Gasteiger partial charge in [-0.3, -0.25) is 0 Å². The summed E-state index contributed by atoms with van der Waals surface area (Å²) in [5, 5.41) is 9.95. The third-order valence-electron chi connectivity index (χ3n) is 25.2. The maximum atomic E-state index is 8.30. The van der Waals surface area contributed by atoms with E-state index >= 15 is 0 Å². The van der Waals surface area contributed by atoms with E-state index in [0.717, 1.165) is 130 Å². The van der Waals surface area contributed by atoms with Gasteiger partial charge in [-0.1, -0.05) is 279 Å². The van der Waals surface area contributed by atoms with Gasteiger partial charge in [0, 0.05) is 131 Å². The number of benzene rings is 18. The quantitative estimate of drug-likeness (QED) is 0.120. The minimum absolute atomic E-state index is 0.278. The Kier molecular flexibility index (Phi) is 15.1. The van der Waals surface area contributed by atoms with Crippen molar-refractivity contribution in [1.29, 1.82) is 0 Å². The number of anilines is 15. The number of nitrogens with zero attached hydrogens (tertiary/aromatic N) is 5. The number of para-hydroxylation sites is 5. The lowest BCUT2D eigenvalue weighted by atomic mass is 9.30. The molecule has 6 nitrogen and oxygen atoms in total. The van der Waals surface area contributed by atoms with Crippen molar-refractivity contribution in [3.05, 3.63) is 394 Å². The summed E-state index contributed by atoms with van der Waals surface area (Å²) in [5.74, 6) is 1.60. The van der Waals surface area contributed by atoms with Crippen molar-refractivity contribution in [2.75, 3.05) is 24.5 Å². The monoisotopic (exact) mass is 1600 g/mol. The molecule has 12 heteroatoms. The Morgan fingerprint density at radius 1 is 0.225 bits per heavy atom. The summed E-state index contributed by atoms with van der Waals surface area (Å²) in [6.45, 7) is -0.576. The molecular formula is C108H65B2N5OS4. The van der Waals surface area contributed by atoms with Crippen molar-refractivity contribution < 1.29 is 4.74 Å². The first kappa shape index (κ1) is 67.9. The molecule has 0 unspecified atom stereocenters. The predicted octanol–water partition coefficient (Wildman–Crippen LogP) is 27.9. The minimum atomic E-state index is -0.298. The molecule has 120 heavy (non-hydrogen) atoms. The normalized spacial score (nSPS) is 13.0. The van der Waals surface area contributed by atoms with Gasteiger partial charge in [0.1, 0.15) is 11.5 Å². The van der Waals surface area contributed by atoms with Crippen LogP contribution >= 0.6 is 45.3 Å². The zero-order valence-corrected chi connectivity index (χ0v) is 67.7. The fourth-order valence-corrected chi connectivity index (χ4v) is 25.1. The van der Waals surface area contributed by atoms with E-state index in [1.807, 2.05) is 45.3 Å². The average molecular weight is 1600 g/mol. The standard InChI is InChI=1S/C108H65B2N5OS4/c1-5-30-66(31-6-1)72-42-25-43-73(67-32-7-2-8-33-67)104(72)112(69-36-11-4-12-37-69)71-62-95-103-97(63-71)116-96-65-92-84(64-85(96)110(103)83-49-18-20-51-87(83)114(95)90-54-28-46-80-76-40-15-23-58-100(76)119-107(80)90)109-82-48-17-19-50-86(82)113(89-53-27-45-79-75-39-14-22-57-99(75)118-106(79)89)93-60-70(61-94(102(93)109)115(92)91-55-29-47-81-77-41-16-24-59-101(77)120-108(81)91)111(68-34-9-3-10-35-68)88-52-26-44-78-74-38-13-21-56-98(74)117-105(78)88/h1-65H. The largest absolute Gasteiger partial charge is 0.458 e. The van der Waals surface area contributed by atoms with E-state index in [0.29, 0.717) is 0 Å². The van der Waals surface area contributed by atoms with Gasteiger partial charge in [0.25, 0.3) is 13.4 Å². The molecule has 4 aliphatic heterocycles. The molecule has 22 aromatic rings. The highest BCUT2D eigenvalue weighted by molar-refractivity contribution is 7.28. The molecule has 0 radical (unpaired) electrons. The number of rotatable bonds is 11. The van der Waals surface area contributed by atoms with Gasteiger partial charge in [-0.25, -0.2) is 0 Å². The van der Waals surface area contributed by atoms with Crippen LogP contribution in [0.25, 0.3) is 103 Å². The number of hydrogen-bond acceptors (Lipinski definition) is 10. The maximum absolute atomic E-state index is 8.30. The van der Waals surface area contributed by atoms with Crippen LogP contribution in [0.3, 0.4) is 0 Å². The Labute approximate surface area is 709 Å². The molecule has 0 atom stereocenters. The van der Waals surface area contributed by atoms with Crippen LogP contribution < -0.4 is 62.0 Å². The first-order valence-electron chi connectivity index (χ1n) is 40.9. The van der Waals surface area contributed by atoms with Crippen LogP contribution in [0.2, 0.25) is 0 Å². The second kappa shape index (κ2) is 26.6. The molecule has 0 bridgehead atoms. The van der Waals surface area contributed by atoms with E-state index in [9.17, 15) is 0 Å². The number of thiophene rings is 4. The molecule has 0 spiro atoms. The van der Waals surface area contributed by atoms with Crippen molar-refractivity contribution in [3.8, 4) is 33.8 Å². The van der Waals surface area contributed by atoms with E-state index in [1.54, 1.807) is 0 Å². The van der Waals surface area contributed by atoms with Gasteiger partial charge in [-0.15, -0.1) is 45.3 Å². The van der Waals surface area contributed by atoms with E-state index < -0.39 is 0 Å². The predicted molar refractivity (Wildman–Crippen MR) is 518 cm³/mol. The fourth-order valence-electron chi connectivity index (χ4n) is 20.3. The van der Waals surface area contributed by atoms with Crippen LogP contribution in [0.1, 0.15) is 0 Å². The summed E-state index contributed by atoms with van der Waals surface area (Å²) < 4.78 is 18.2. The van der Waals surface area contributed by atoms with E-state index in [1.165, 1.54) is 103 Å². The highest BCUT2D eigenvalue weighted by Crippen LogP contribution is 2.57. The van der Waals surface area contributed by atoms with Crippen LogP contribution in [0.4, 0.5) is 85.3 Å². The summed E-state index contributed by atoms with van der Waals surface area (Å²) in [4.78, 5) is 12.9. The molecule has 0 amide bonds. The molecule has 8 heterocycles. The molecule has 18 aromatic carbocycles. The van der Waals surface area contributed by atoms with Crippen LogP contribution in [-0.4, -0.2) is 13.4 Å². The van der Waals surface area contributed by atoms with E-state index in [-0.39, 0.29) is 13.4 Å². The third-order valence-corrected chi connectivity index (χ3v) is 30.1. The van der Waals surface area contributed by atoms with Gasteiger partial charge in [0.2, 0.25) is 0 Å². The van der Waals surface area contributed by atoms with Gasteiger partial charge in [-0.05, 0) is 147 Å². The zero-order chi connectivity index (χ0) is 78.4. The van der Waals surface area contributed by atoms with Crippen molar-refractivity contribution in [2.24, 2.45) is 0 Å². The van der Waals surface area contributed by atoms with Crippen LogP contribution in [0, 0.1) is 0 Å². The summed E-state index contributed by atoms with van der Waals surface area (Å²) in [5.41, 5.74) is 27.8. The molecule has 0 saturated heterocycles. The lowest BCUT2D eigenvalue weighted by Gasteiger charge is -2.46. The van der Waals surface area contributed by atoms with Crippen LogP contribution in [0.15, 0.2) is 394 Å². The van der Waals surface area contributed by atoms with Crippen LogP contribution in [-0.2, 0) is 0 Å². The number of fused-ring (bicyclic) bond motifs is 20. The Balaban J connectivity index is 0.780. The molecule has 4 aromatic heterocycles. The Bertz CT molecular complexity index is 7990. The molecule has 0 N–H and O–H groups in total. The number of ether oxygens (including phenoxy) is 1. The van der Waals surface area contributed by atoms with Gasteiger partial charge in [0.15, 0.2) is 0 Å². The SMILES string of the molecule is c1ccc(-c2cccc(-c3ccccc3)c2N(c2ccccc2)c2cc3c4c(c2)N(c2cccc5c2sc2ccccc25)c2ccccc2B4c2cc4c(cc2O3)N(c2cccc3c2sc2ccccc23)c2cc(N(c3ccccc3)c3cccc5c3sc3ccccc35)cc3c2B4c2ccccc2N3c2cccc3c2sc2ccccc23)cc1. The molecule has 558 valence electrons. The second-order valence-corrected chi connectivity index (χ2v) is 35.8. The highest BCUT2D eigenvalue weighted by atomic mass is 32.1. The van der Waals surface area contributed by atoms with E-state index in [4.69, 9.17) is 4.74 Å². The average Bonchev–Trinajstić information content (AvgIpc) is 0.759. The molecular weight excluding hydrogens is 1530 g/mol. The summed E-state index contributed by atoms with van der Waals surface area (Å²) in [7, 11) is 0. The Hall–Kier alpha value is -14.2. The van der Waals surface area contributed by atoms with E-state index in [2.05, 4.69) is 419 Å². The Morgan fingerprint density at radius 2 is 0.583 bits per heavy atom. The fraction of sp³-hybridized carbons (Fsp3) is 0. The van der Waals surface area contributed by atoms with Crippen molar-refractivity contribution >= 4 is 258 Å². The molecule has 4 aliphatic rings. The summed E-state index contributed by atoms with van der Waals surface area (Å²) in [6, 6.07) is 148. The topological polar surface area (TPSA) is 25.4 Å². The van der Waals surface area contributed by atoms with Crippen molar-refractivity contribution in [3.63, 3.8) is 0 Å². The maximum Gasteiger partial charge on any atom is 0.256 e. The van der Waals surface area contributed by atoms with Gasteiger partial charge < -0.3 is 29.2 Å². The minimum Gasteiger partial charge on any atom is -0.458 e. The van der Waals surface area contributed by atoms with Gasteiger partial charge in [0.05, 0.1) is 58.6 Å². The number of hydrogen-bond donors (Lipinski definition) is 0. The summed E-state index contributed by atoms with van der Waals surface area (Å²) >= 11 is 7.50. The third kappa shape index (κ3) is 10.1. The molecule has 26 rings (SSSR count). The first-order valence-corrected chi connectivity index (χ1v) is 44.2. The van der Waals surface area contributed by atoms with Gasteiger partial charge >= 0.3 is 0 Å². The summed E-state index contributed by atoms with van der Waals surface area (Å²) in [6.07, 6.45) is 0. The molecule has 0 saturated carbocycles. The second-order valence-electron chi connectivity index (χ2n) is 31.6. The smallest absolute Gasteiger partial charge is 0.256 e. The van der Waals surface area contributed by atoms with Crippen molar-refractivity contribution in [2.45, 2.75) is 0 Å². The van der Waals surface area contributed by atoms with Crippen LogP contribution in [0.5, 0.6) is 11.5 Å².